The van der Waals surface area contributed by atoms with Crippen molar-refractivity contribution < 1.29 is 32.3 Å². The second-order valence-electron chi connectivity index (χ2n) is 6.01. The Morgan fingerprint density at radius 1 is 1.04 bits per heavy atom. The van der Waals surface area contributed by atoms with Gasteiger partial charge in [0.2, 0.25) is 11.8 Å². The average molecular weight is 402 g/mol. The van der Waals surface area contributed by atoms with E-state index >= 15 is 0 Å². The predicted molar refractivity (Wildman–Crippen MR) is 93.0 cm³/mol. The highest BCUT2D eigenvalue weighted by atomic mass is 19.2. The van der Waals surface area contributed by atoms with Gasteiger partial charge in [0.15, 0.2) is 17.5 Å². The predicted octanol–water partition coefficient (Wildman–Crippen LogP) is 0.933. The van der Waals surface area contributed by atoms with E-state index in [2.05, 4.69) is 10.6 Å². The maximum Gasteiger partial charge on any atom is 0.409 e. The van der Waals surface area contributed by atoms with E-state index < -0.39 is 47.6 Å². The van der Waals surface area contributed by atoms with Crippen LogP contribution in [-0.2, 0) is 14.3 Å². The van der Waals surface area contributed by atoms with Gasteiger partial charge in [0.25, 0.3) is 0 Å². The first kappa shape index (κ1) is 21.5. The van der Waals surface area contributed by atoms with E-state index in [4.69, 9.17) is 4.74 Å². The molecule has 154 valence electrons. The van der Waals surface area contributed by atoms with Gasteiger partial charge in [0.05, 0.1) is 25.4 Å². The van der Waals surface area contributed by atoms with Gasteiger partial charge in [-0.15, -0.1) is 0 Å². The van der Waals surface area contributed by atoms with Crippen LogP contribution in [0.5, 0.6) is 0 Å². The molecular weight excluding hydrogens is 381 g/mol. The molecule has 1 aromatic carbocycles. The number of hydrogen-bond acceptors (Lipinski definition) is 5. The van der Waals surface area contributed by atoms with Gasteiger partial charge in [-0.2, -0.15) is 0 Å². The lowest BCUT2D eigenvalue weighted by molar-refractivity contribution is -0.125. The van der Waals surface area contributed by atoms with Crippen molar-refractivity contribution in [1.82, 2.24) is 15.1 Å². The smallest absolute Gasteiger partial charge is 0.409 e. The number of carbonyl (C=O) groups is 3. The van der Waals surface area contributed by atoms with Crippen molar-refractivity contribution in [2.24, 2.45) is 0 Å². The number of benzene rings is 1. The third kappa shape index (κ3) is 5.84. The van der Waals surface area contributed by atoms with Gasteiger partial charge in [0.1, 0.15) is 0 Å². The van der Waals surface area contributed by atoms with Crippen molar-refractivity contribution in [2.45, 2.75) is 6.92 Å². The highest BCUT2D eigenvalue weighted by Gasteiger charge is 2.23. The van der Waals surface area contributed by atoms with E-state index in [1.165, 1.54) is 0 Å². The number of rotatable bonds is 6. The van der Waals surface area contributed by atoms with E-state index in [1.54, 1.807) is 16.7 Å². The molecule has 0 aromatic heterocycles. The Morgan fingerprint density at radius 2 is 1.71 bits per heavy atom. The van der Waals surface area contributed by atoms with E-state index in [9.17, 15) is 27.6 Å². The van der Waals surface area contributed by atoms with Gasteiger partial charge in [-0.3, -0.25) is 14.5 Å². The summed E-state index contributed by atoms with van der Waals surface area (Å²) in [4.78, 5) is 38.6. The molecule has 0 aliphatic carbocycles. The second-order valence-corrected chi connectivity index (χ2v) is 6.01. The number of nitrogens with zero attached hydrogens (tertiary/aromatic N) is 2. The number of nitrogens with one attached hydrogen (secondary N) is 2. The Bertz CT molecular complexity index is 739. The number of piperazine rings is 1. The Kier molecular flexibility index (Phi) is 7.61. The lowest BCUT2D eigenvalue weighted by Crippen LogP contribution is -2.51. The lowest BCUT2D eigenvalue weighted by Gasteiger charge is -2.33. The van der Waals surface area contributed by atoms with Crippen molar-refractivity contribution in [1.29, 1.82) is 0 Å². The van der Waals surface area contributed by atoms with Gasteiger partial charge in [-0.05, 0) is 19.1 Å². The fourth-order valence-electron chi connectivity index (χ4n) is 2.56. The average Bonchev–Trinajstić information content (AvgIpc) is 2.67. The van der Waals surface area contributed by atoms with Crippen LogP contribution in [0.15, 0.2) is 12.1 Å². The first-order valence-electron chi connectivity index (χ1n) is 8.66. The number of hydrogen-bond donors (Lipinski definition) is 2. The summed E-state index contributed by atoms with van der Waals surface area (Å²) in [7, 11) is 0. The zero-order chi connectivity index (χ0) is 20.7. The molecule has 1 saturated heterocycles. The fraction of sp³-hybridized carbons (Fsp3) is 0.471. The standard InChI is InChI=1S/C17H21F3N4O4/c1-2-28-17(27)24-7-5-23(6-8-24)10-14(26)21-9-13(25)22-12-4-3-11(18)15(19)16(12)20/h3-4H,2,5-10H2,1H3,(H,21,26)(H,22,25). The minimum atomic E-state index is -1.69. The maximum absolute atomic E-state index is 13.5. The van der Waals surface area contributed by atoms with E-state index in [1.807, 2.05) is 0 Å². The molecule has 2 N–H and O–H groups in total. The first-order chi connectivity index (χ1) is 13.3. The van der Waals surface area contributed by atoms with Crippen LogP contribution >= 0.6 is 0 Å². The van der Waals surface area contributed by atoms with E-state index in [0.29, 0.717) is 32.2 Å². The molecule has 0 unspecified atom stereocenters. The van der Waals surface area contributed by atoms with Crippen molar-refractivity contribution in [3.05, 3.63) is 29.6 Å². The summed E-state index contributed by atoms with van der Waals surface area (Å²) in [5.41, 5.74) is -0.520. The molecule has 0 saturated carbocycles. The molecule has 11 heteroatoms. The largest absolute Gasteiger partial charge is 0.450 e. The van der Waals surface area contributed by atoms with Gasteiger partial charge >= 0.3 is 6.09 Å². The zero-order valence-electron chi connectivity index (χ0n) is 15.3. The molecule has 1 aromatic rings. The molecule has 0 radical (unpaired) electrons. The number of halogens is 3. The van der Waals surface area contributed by atoms with Crippen LogP contribution in [0.1, 0.15) is 6.92 Å². The van der Waals surface area contributed by atoms with Crippen LogP contribution < -0.4 is 10.6 Å². The Hall–Kier alpha value is -2.82. The highest BCUT2D eigenvalue weighted by Crippen LogP contribution is 2.19. The molecule has 8 nitrogen and oxygen atoms in total. The molecular formula is C17H21F3N4O4. The molecule has 1 aliphatic heterocycles. The summed E-state index contributed by atoms with van der Waals surface area (Å²) in [5, 5.41) is 4.42. The normalized spacial score (nSPS) is 14.5. The van der Waals surface area contributed by atoms with Gasteiger partial charge in [0, 0.05) is 26.2 Å². The van der Waals surface area contributed by atoms with Crippen molar-refractivity contribution in [3.8, 4) is 0 Å². The van der Waals surface area contributed by atoms with Crippen LogP contribution in [-0.4, -0.2) is 73.6 Å². The minimum Gasteiger partial charge on any atom is -0.450 e. The quantitative estimate of drug-likeness (QED) is 0.691. The topological polar surface area (TPSA) is 91.0 Å². The van der Waals surface area contributed by atoms with Crippen LogP contribution in [0.2, 0.25) is 0 Å². The molecule has 1 fully saturated rings. The van der Waals surface area contributed by atoms with Gasteiger partial charge in [-0.1, -0.05) is 0 Å². The molecule has 3 amide bonds. The Morgan fingerprint density at radius 3 is 2.36 bits per heavy atom. The SMILES string of the molecule is CCOC(=O)N1CCN(CC(=O)NCC(=O)Nc2ccc(F)c(F)c2F)CC1. The Labute approximate surface area is 159 Å². The monoisotopic (exact) mass is 402 g/mol. The molecule has 0 atom stereocenters. The third-order valence-electron chi connectivity index (χ3n) is 4.02. The lowest BCUT2D eigenvalue weighted by atomic mass is 10.2. The third-order valence-corrected chi connectivity index (χ3v) is 4.02. The molecule has 1 aliphatic rings. The second kappa shape index (κ2) is 9.93. The Balaban J connectivity index is 1.72. The summed E-state index contributed by atoms with van der Waals surface area (Å²) in [6.45, 7) is 3.35. The number of carbonyl (C=O) groups excluding carboxylic acids is 3. The van der Waals surface area contributed by atoms with E-state index in [-0.39, 0.29) is 13.2 Å². The van der Waals surface area contributed by atoms with Crippen molar-refractivity contribution in [2.75, 3.05) is 51.2 Å². The van der Waals surface area contributed by atoms with Gasteiger partial charge < -0.3 is 20.3 Å². The first-order valence-corrected chi connectivity index (χ1v) is 8.66. The number of amides is 3. The van der Waals surface area contributed by atoms with E-state index in [0.717, 1.165) is 6.07 Å². The summed E-state index contributed by atoms with van der Waals surface area (Å²) in [6, 6.07) is 1.57. The summed E-state index contributed by atoms with van der Waals surface area (Å²) < 4.78 is 44.4. The number of anilines is 1. The molecule has 0 bridgehead atoms. The maximum atomic E-state index is 13.5. The number of ether oxygens (including phenoxy) is 1. The molecule has 1 heterocycles. The molecule has 2 rings (SSSR count). The minimum absolute atomic E-state index is 0.0173. The van der Waals surface area contributed by atoms with Crippen molar-refractivity contribution in [3.63, 3.8) is 0 Å². The van der Waals surface area contributed by atoms with Gasteiger partial charge in [-0.25, -0.2) is 18.0 Å². The molecule has 0 spiro atoms. The molecule has 28 heavy (non-hydrogen) atoms. The van der Waals surface area contributed by atoms with Crippen LogP contribution in [0.25, 0.3) is 0 Å². The highest BCUT2D eigenvalue weighted by molar-refractivity contribution is 5.94. The fourth-order valence-corrected chi connectivity index (χ4v) is 2.56. The van der Waals surface area contributed by atoms with Crippen LogP contribution in [0, 0.1) is 17.5 Å². The summed E-state index contributed by atoms with van der Waals surface area (Å²) >= 11 is 0. The van der Waals surface area contributed by atoms with Crippen LogP contribution in [0.4, 0.5) is 23.7 Å². The zero-order valence-corrected chi connectivity index (χ0v) is 15.3. The summed E-state index contributed by atoms with van der Waals surface area (Å²) in [6.07, 6.45) is -0.396. The summed E-state index contributed by atoms with van der Waals surface area (Å²) in [5.74, 6) is -5.80. The van der Waals surface area contributed by atoms with Crippen LogP contribution in [0.3, 0.4) is 0 Å². The van der Waals surface area contributed by atoms with Crippen molar-refractivity contribution >= 4 is 23.6 Å².